The standard InChI is InChI=1S/C13H18N6O/c1-20-12-4-2-11(3-5-12)19-13(15-16-17-19)10-18-8-6-14-7-9-18/h2-5,14H,6-10H2,1H3. The van der Waals surface area contributed by atoms with Gasteiger partial charge in [-0.05, 0) is 34.7 Å². The molecule has 1 aliphatic heterocycles. The lowest BCUT2D eigenvalue weighted by atomic mass is 10.3. The summed E-state index contributed by atoms with van der Waals surface area (Å²) in [7, 11) is 1.65. The van der Waals surface area contributed by atoms with E-state index >= 15 is 0 Å². The van der Waals surface area contributed by atoms with Crippen LogP contribution < -0.4 is 10.1 Å². The first-order valence-electron chi connectivity index (χ1n) is 6.71. The highest BCUT2D eigenvalue weighted by atomic mass is 16.5. The third kappa shape index (κ3) is 2.78. The lowest BCUT2D eigenvalue weighted by Crippen LogP contribution is -2.43. The van der Waals surface area contributed by atoms with Crippen molar-refractivity contribution in [3.05, 3.63) is 30.1 Å². The van der Waals surface area contributed by atoms with Gasteiger partial charge >= 0.3 is 0 Å². The first kappa shape index (κ1) is 13.0. The zero-order valence-corrected chi connectivity index (χ0v) is 11.5. The maximum absolute atomic E-state index is 5.16. The Morgan fingerprint density at radius 2 is 1.95 bits per heavy atom. The van der Waals surface area contributed by atoms with Gasteiger partial charge in [0.15, 0.2) is 5.82 Å². The molecule has 20 heavy (non-hydrogen) atoms. The quantitative estimate of drug-likeness (QED) is 0.851. The highest BCUT2D eigenvalue weighted by Crippen LogP contribution is 2.15. The summed E-state index contributed by atoms with van der Waals surface area (Å²) >= 11 is 0. The number of rotatable bonds is 4. The summed E-state index contributed by atoms with van der Waals surface area (Å²) in [4.78, 5) is 2.35. The second-order valence-electron chi connectivity index (χ2n) is 4.73. The molecule has 0 atom stereocenters. The van der Waals surface area contributed by atoms with Crippen molar-refractivity contribution in [1.82, 2.24) is 30.4 Å². The molecule has 0 aliphatic carbocycles. The molecular weight excluding hydrogens is 256 g/mol. The fourth-order valence-electron chi connectivity index (χ4n) is 2.30. The number of nitrogens with zero attached hydrogens (tertiary/aromatic N) is 5. The summed E-state index contributed by atoms with van der Waals surface area (Å²) in [5, 5.41) is 15.4. The zero-order valence-electron chi connectivity index (χ0n) is 11.5. The minimum atomic E-state index is 0.765. The number of piperazine rings is 1. The van der Waals surface area contributed by atoms with E-state index < -0.39 is 0 Å². The van der Waals surface area contributed by atoms with Crippen LogP contribution in [0.15, 0.2) is 24.3 Å². The second kappa shape index (κ2) is 5.98. The fourth-order valence-corrected chi connectivity index (χ4v) is 2.30. The third-order valence-corrected chi connectivity index (χ3v) is 3.43. The molecule has 0 radical (unpaired) electrons. The van der Waals surface area contributed by atoms with Crippen LogP contribution in [-0.2, 0) is 6.54 Å². The number of aromatic nitrogens is 4. The molecule has 0 unspecified atom stereocenters. The Morgan fingerprint density at radius 1 is 1.20 bits per heavy atom. The Hall–Kier alpha value is -1.99. The van der Waals surface area contributed by atoms with Gasteiger partial charge in [0.1, 0.15) is 5.75 Å². The van der Waals surface area contributed by atoms with E-state index in [1.165, 1.54) is 0 Å². The number of benzene rings is 1. The van der Waals surface area contributed by atoms with Gasteiger partial charge in [0.05, 0.1) is 19.3 Å². The van der Waals surface area contributed by atoms with Gasteiger partial charge in [0.2, 0.25) is 0 Å². The van der Waals surface area contributed by atoms with E-state index in [1.807, 2.05) is 24.3 Å². The van der Waals surface area contributed by atoms with Crippen molar-refractivity contribution in [3.8, 4) is 11.4 Å². The van der Waals surface area contributed by atoms with E-state index in [1.54, 1.807) is 11.8 Å². The van der Waals surface area contributed by atoms with Gasteiger partial charge in [-0.3, -0.25) is 4.90 Å². The molecule has 7 nitrogen and oxygen atoms in total. The molecule has 1 aliphatic rings. The molecule has 1 fully saturated rings. The van der Waals surface area contributed by atoms with Crippen molar-refractivity contribution in [1.29, 1.82) is 0 Å². The van der Waals surface area contributed by atoms with E-state index in [0.29, 0.717) is 0 Å². The maximum atomic E-state index is 5.16. The Kier molecular flexibility index (Phi) is 3.89. The maximum Gasteiger partial charge on any atom is 0.170 e. The number of ether oxygens (including phenoxy) is 1. The predicted molar refractivity (Wildman–Crippen MR) is 73.9 cm³/mol. The van der Waals surface area contributed by atoms with E-state index in [2.05, 4.69) is 25.7 Å². The molecular formula is C13H18N6O. The van der Waals surface area contributed by atoms with Crippen molar-refractivity contribution in [3.63, 3.8) is 0 Å². The molecule has 3 rings (SSSR count). The number of hydrogen-bond acceptors (Lipinski definition) is 6. The molecule has 7 heteroatoms. The van der Waals surface area contributed by atoms with Gasteiger partial charge in [-0.25, -0.2) is 0 Å². The molecule has 1 aromatic heterocycles. The monoisotopic (exact) mass is 274 g/mol. The van der Waals surface area contributed by atoms with E-state index in [-0.39, 0.29) is 0 Å². The molecule has 2 aromatic rings. The summed E-state index contributed by atoms with van der Waals surface area (Å²) in [5.74, 6) is 1.68. The SMILES string of the molecule is COc1ccc(-n2nnnc2CN2CCNCC2)cc1. The molecule has 1 aromatic carbocycles. The van der Waals surface area contributed by atoms with Crippen LogP contribution in [0.1, 0.15) is 5.82 Å². The molecule has 2 heterocycles. The van der Waals surface area contributed by atoms with Crippen molar-refractivity contribution in [2.45, 2.75) is 6.54 Å². The molecule has 1 N–H and O–H groups in total. The summed E-state index contributed by atoms with van der Waals surface area (Å²) < 4.78 is 6.94. The summed E-state index contributed by atoms with van der Waals surface area (Å²) in [5.41, 5.74) is 0.945. The molecule has 0 spiro atoms. The van der Waals surface area contributed by atoms with E-state index in [0.717, 1.165) is 50.0 Å². The third-order valence-electron chi connectivity index (χ3n) is 3.43. The predicted octanol–water partition coefficient (Wildman–Crippen LogP) is 0.0761. The fraction of sp³-hybridized carbons (Fsp3) is 0.462. The zero-order chi connectivity index (χ0) is 13.8. The molecule has 0 amide bonds. The van der Waals surface area contributed by atoms with Gasteiger partial charge < -0.3 is 10.1 Å². The summed E-state index contributed by atoms with van der Waals surface area (Å²) in [6.07, 6.45) is 0. The van der Waals surface area contributed by atoms with Crippen LogP contribution in [0.4, 0.5) is 0 Å². The van der Waals surface area contributed by atoms with E-state index in [4.69, 9.17) is 4.74 Å². The van der Waals surface area contributed by atoms with Gasteiger partial charge in [0.25, 0.3) is 0 Å². The van der Waals surface area contributed by atoms with Crippen LogP contribution in [0.3, 0.4) is 0 Å². The van der Waals surface area contributed by atoms with Crippen LogP contribution in [0.5, 0.6) is 5.75 Å². The number of tetrazole rings is 1. The Morgan fingerprint density at radius 3 is 2.65 bits per heavy atom. The highest BCUT2D eigenvalue weighted by molar-refractivity contribution is 5.36. The normalized spacial score (nSPS) is 16.2. The van der Waals surface area contributed by atoms with Crippen LogP contribution in [-0.4, -0.2) is 58.4 Å². The van der Waals surface area contributed by atoms with E-state index in [9.17, 15) is 0 Å². The number of nitrogens with one attached hydrogen (secondary N) is 1. The highest BCUT2D eigenvalue weighted by Gasteiger charge is 2.15. The summed E-state index contributed by atoms with van der Waals surface area (Å²) in [6, 6.07) is 7.73. The smallest absolute Gasteiger partial charge is 0.170 e. The Balaban J connectivity index is 1.77. The average Bonchev–Trinajstić information content (AvgIpc) is 2.96. The second-order valence-corrected chi connectivity index (χ2v) is 4.73. The number of methoxy groups -OCH3 is 1. The Labute approximate surface area is 117 Å². The minimum absolute atomic E-state index is 0.765. The first-order valence-corrected chi connectivity index (χ1v) is 6.71. The number of hydrogen-bond donors (Lipinski definition) is 1. The lowest BCUT2D eigenvalue weighted by Gasteiger charge is -2.26. The van der Waals surface area contributed by atoms with Crippen LogP contribution in [0.2, 0.25) is 0 Å². The Bertz CT molecular complexity index is 546. The van der Waals surface area contributed by atoms with Crippen LogP contribution in [0, 0.1) is 0 Å². The topological polar surface area (TPSA) is 68.1 Å². The average molecular weight is 274 g/mol. The van der Waals surface area contributed by atoms with Crippen molar-refractivity contribution >= 4 is 0 Å². The van der Waals surface area contributed by atoms with Crippen molar-refractivity contribution in [2.24, 2.45) is 0 Å². The van der Waals surface area contributed by atoms with Gasteiger partial charge in [0, 0.05) is 26.2 Å². The minimum Gasteiger partial charge on any atom is -0.497 e. The van der Waals surface area contributed by atoms with Crippen LogP contribution >= 0.6 is 0 Å². The molecule has 1 saturated heterocycles. The van der Waals surface area contributed by atoms with Crippen molar-refractivity contribution < 1.29 is 4.74 Å². The first-order chi connectivity index (χ1) is 9.86. The van der Waals surface area contributed by atoms with Crippen molar-refractivity contribution in [2.75, 3.05) is 33.3 Å². The largest absolute Gasteiger partial charge is 0.497 e. The lowest BCUT2D eigenvalue weighted by molar-refractivity contribution is 0.226. The van der Waals surface area contributed by atoms with Gasteiger partial charge in [-0.15, -0.1) is 5.10 Å². The van der Waals surface area contributed by atoms with Gasteiger partial charge in [-0.1, -0.05) is 0 Å². The molecule has 106 valence electrons. The molecule has 0 bridgehead atoms. The van der Waals surface area contributed by atoms with Crippen LogP contribution in [0.25, 0.3) is 5.69 Å². The van der Waals surface area contributed by atoms with Gasteiger partial charge in [-0.2, -0.15) is 4.68 Å². The summed E-state index contributed by atoms with van der Waals surface area (Å²) in [6.45, 7) is 4.85. The molecule has 0 saturated carbocycles.